The van der Waals surface area contributed by atoms with E-state index in [0.717, 1.165) is 4.90 Å². The van der Waals surface area contributed by atoms with Crippen LogP contribution >= 0.6 is 12.6 Å². The highest BCUT2D eigenvalue weighted by molar-refractivity contribution is 7.80. The van der Waals surface area contributed by atoms with Crippen molar-refractivity contribution in [3.63, 3.8) is 0 Å². The number of unbranched alkanes of at least 4 members (excludes halogenated alkanes) is 1. The summed E-state index contributed by atoms with van der Waals surface area (Å²) in [7, 11) is 0. The van der Waals surface area contributed by atoms with Crippen LogP contribution in [0.1, 0.15) is 70.9 Å². The quantitative estimate of drug-likeness (QED) is 0.0135. The number of aliphatic carboxylic acids is 1. The molecule has 1 aliphatic heterocycles. The predicted octanol–water partition coefficient (Wildman–Crippen LogP) is -7.36. The van der Waals surface area contributed by atoms with E-state index in [1.807, 2.05) is 0 Å². The lowest BCUT2D eigenvalue weighted by atomic mass is 10.0. The molecule has 1 aromatic heterocycles. The van der Waals surface area contributed by atoms with Crippen molar-refractivity contribution in [3.8, 4) is 0 Å². The number of imidazole rings is 1. The number of aliphatic hydroxyl groups excluding tert-OH is 2. The van der Waals surface area contributed by atoms with Gasteiger partial charge in [-0.3, -0.25) is 48.1 Å². The lowest BCUT2D eigenvalue weighted by Gasteiger charge is -2.30. The zero-order valence-corrected chi connectivity index (χ0v) is 41.3. The monoisotopic (exact) mass is 1040 g/mol. The second-order valence-corrected chi connectivity index (χ2v) is 17.6. The third-order valence-corrected chi connectivity index (χ3v) is 11.4. The highest BCUT2D eigenvalue weighted by Gasteiger charge is 2.40. The number of carboxylic acids is 1. The Morgan fingerprint density at radius 1 is 0.764 bits per heavy atom. The Hall–Kier alpha value is -6.63. The number of hydrogen-bond acceptors (Lipinski definition) is 17. The minimum atomic E-state index is -1.62. The number of aliphatic hydroxyl groups is 2. The van der Waals surface area contributed by atoms with Gasteiger partial charge in [0.05, 0.1) is 32.6 Å². The van der Waals surface area contributed by atoms with Crippen LogP contribution in [0.15, 0.2) is 17.5 Å². The summed E-state index contributed by atoms with van der Waals surface area (Å²) in [6.45, 7) is 0.968. The maximum atomic E-state index is 14.0. The molecule has 0 bridgehead atoms. The van der Waals surface area contributed by atoms with Gasteiger partial charge in [0.2, 0.25) is 53.2 Å². The van der Waals surface area contributed by atoms with E-state index >= 15 is 0 Å². The van der Waals surface area contributed by atoms with E-state index in [9.17, 15) is 63.3 Å². The molecule has 1 aliphatic rings. The second kappa shape index (κ2) is 32.4. The van der Waals surface area contributed by atoms with Crippen molar-refractivity contribution in [2.45, 2.75) is 120 Å². The number of likely N-dealkylation sites (tertiary alicyclic amines) is 1. The first-order chi connectivity index (χ1) is 34.2. The third kappa shape index (κ3) is 21.4. The molecule has 1 saturated heterocycles. The number of nitrogens with one attached hydrogen (secondary N) is 9. The van der Waals surface area contributed by atoms with Crippen LogP contribution in [0.4, 0.5) is 0 Å². The molecule has 72 heavy (non-hydrogen) atoms. The fourth-order valence-corrected chi connectivity index (χ4v) is 7.53. The van der Waals surface area contributed by atoms with Crippen molar-refractivity contribution in [1.29, 1.82) is 0 Å². The van der Waals surface area contributed by atoms with E-state index in [-0.39, 0.29) is 75.8 Å². The summed E-state index contributed by atoms with van der Waals surface area (Å²) in [6, 6.07) is -10.9. The number of aromatic nitrogens is 2. The molecule has 0 radical (unpaired) electrons. The number of H-pyrrole nitrogens is 1. The Morgan fingerprint density at radius 3 is 1.92 bits per heavy atom. The summed E-state index contributed by atoms with van der Waals surface area (Å²) >= 11 is 4.13. The highest BCUT2D eigenvalue weighted by atomic mass is 32.1. The van der Waals surface area contributed by atoms with E-state index < -0.39 is 134 Å². The number of rotatable bonds is 33. The van der Waals surface area contributed by atoms with Crippen LogP contribution in [-0.2, 0) is 54.4 Å². The van der Waals surface area contributed by atoms with Crippen LogP contribution in [0, 0.1) is 5.92 Å². The number of hydrogen-bond donors (Lipinski definition) is 17. The zero-order valence-electron chi connectivity index (χ0n) is 40.4. The summed E-state index contributed by atoms with van der Waals surface area (Å²) in [4.78, 5) is 143. The molecule has 404 valence electrons. The Kier molecular flexibility index (Phi) is 27.6. The molecule has 9 amide bonds. The highest BCUT2D eigenvalue weighted by Crippen LogP contribution is 2.20. The number of guanidine groups is 1. The minimum Gasteiger partial charge on any atom is -0.480 e. The first kappa shape index (κ1) is 61.5. The van der Waals surface area contributed by atoms with Gasteiger partial charge in [0.1, 0.15) is 48.3 Å². The van der Waals surface area contributed by atoms with Crippen molar-refractivity contribution < 1.29 is 63.3 Å². The smallest absolute Gasteiger partial charge is 0.326 e. The van der Waals surface area contributed by atoms with Gasteiger partial charge in [-0.2, -0.15) is 12.6 Å². The van der Waals surface area contributed by atoms with E-state index in [1.165, 1.54) is 12.5 Å². The molecule has 1 fully saturated rings. The topological polar surface area (TPSA) is 476 Å². The molecule has 0 saturated carbocycles. The van der Waals surface area contributed by atoms with E-state index in [0.29, 0.717) is 25.0 Å². The van der Waals surface area contributed by atoms with Gasteiger partial charge >= 0.3 is 5.97 Å². The zero-order chi connectivity index (χ0) is 53.9. The van der Waals surface area contributed by atoms with Crippen LogP contribution in [0.3, 0.4) is 0 Å². The first-order valence-corrected chi connectivity index (χ1v) is 24.0. The SMILES string of the molecule is CC(C)C[C@H](NC(=O)[C@H](CS)NC(=O)CNC(=O)[C@H](CO)NC(=O)CN)C(=O)N[C@@H](CO)C(=O)N1CCC[C@H]1C(=O)N[C@@H](CCCN=C(N)N)C(=O)N[C@@H](CCCCN)C(=O)N[C@@H](Cc1cnc[nH]1)C(=O)O. The van der Waals surface area contributed by atoms with E-state index in [1.54, 1.807) is 13.8 Å². The lowest BCUT2D eigenvalue weighted by molar-refractivity contribution is -0.143. The standard InChI is InChI=1S/C42H72N16O13S/c1-22(2)13-26(55-38(67)30(20-72)52-33(62)17-49-34(63)28(18-59)51-32(61)15-44)37(66)57-29(19-60)40(69)58-12-6-9-31(58)39(68)54-25(8-5-11-48-42(45)46)35(64)53-24(7-3-4-10-43)36(65)56-27(41(70)71)14-23-16-47-21-50-23/h16,21-22,24-31,59-60,72H,3-15,17-20,43-44H2,1-2H3,(H,47,50)(H,49,63)(H,51,61)(H,52,62)(H,53,64)(H,54,68)(H,55,67)(H,56,65)(H,57,66)(H,70,71)(H4,45,46,48)/t24-,25-,26-,27-,28-,29-,30-,31-/m0/s1. The van der Waals surface area contributed by atoms with Gasteiger partial charge in [0, 0.05) is 37.2 Å². The third-order valence-electron chi connectivity index (χ3n) is 11.0. The normalized spacial score (nSPS) is 16.1. The number of nitrogens with zero attached hydrogens (tertiary/aromatic N) is 3. The molecular formula is C42H72N16O13S. The second-order valence-electron chi connectivity index (χ2n) is 17.2. The number of carbonyl (C=O) groups excluding carboxylic acids is 9. The van der Waals surface area contributed by atoms with E-state index in [2.05, 4.69) is 70.1 Å². The lowest BCUT2D eigenvalue weighted by Crippen LogP contribution is -2.60. The summed E-state index contributed by atoms with van der Waals surface area (Å²) < 4.78 is 0. The molecule has 20 N–H and O–H groups in total. The summed E-state index contributed by atoms with van der Waals surface area (Å²) in [5.74, 6) is -9.59. The van der Waals surface area contributed by atoms with Crippen LogP contribution in [0.2, 0.25) is 0 Å². The molecule has 2 heterocycles. The van der Waals surface area contributed by atoms with Gasteiger partial charge in [0.25, 0.3) is 0 Å². The molecule has 0 aromatic carbocycles. The van der Waals surface area contributed by atoms with Crippen molar-refractivity contribution in [3.05, 3.63) is 18.2 Å². The molecule has 0 unspecified atom stereocenters. The largest absolute Gasteiger partial charge is 0.480 e. The number of thiol groups is 1. The number of carbonyl (C=O) groups is 10. The number of nitrogens with two attached hydrogens (primary N) is 4. The molecule has 8 atom stereocenters. The molecule has 0 aliphatic carbocycles. The molecule has 0 spiro atoms. The Labute approximate surface area is 421 Å². The number of amides is 9. The number of aliphatic imine (C=N–C) groups is 1. The summed E-state index contributed by atoms with van der Waals surface area (Å²) in [5.41, 5.74) is 22.3. The van der Waals surface area contributed by atoms with Crippen LogP contribution < -0.4 is 65.5 Å². The van der Waals surface area contributed by atoms with Gasteiger partial charge in [-0.1, -0.05) is 13.8 Å². The van der Waals surface area contributed by atoms with Crippen molar-refractivity contribution in [2.75, 3.05) is 51.7 Å². The van der Waals surface area contributed by atoms with E-state index in [4.69, 9.17) is 22.9 Å². The van der Waals surface area contributed by atoms with Gasteiger partial charge in [-0.25, -0.2) is 9.78 Å². The fourth-order valence-electron chi connectivity index (χ4n) is 7.28. The van der Waals surface area contributed by atoms with Gasteiger partial charge in [0.15, 0.2) is 5.96 Å². The minimum absolute atomic E-state index is 0.0102. The van der Waals surface area contributed by atoms with Crippen LogP contribution in [0.5, 0.6) is 0 Å². The maximum Gasteiger partial charge on any atom is 0.326 e. The first-order valence-electron chi connectivity index (χ1n) is 23.4. The van der Waals surface area contributed by atoms with Crippen LogP contribution in [-0.4, -0.2) is 195 Å². The van der Waals surface area contributed by atoms with Crippen molar-refractivity contribution in [1.82, 2.24) is 57.4 Å². The predicted molar refractivity (Wildman–Crippen MR) is 261 cm³/mol. The van der Waals surface area contributed by atoms with Gasteiger partial charge in [-0.05, 0) is 63.8 Å². The maximum absolute atomic E-state index is 14.0. The average molecular weight is 1040 g/mol. The van der Waals surface area contributed by atoms with Crippen molar-refractivity contribution >= 4 is 77.7 Å². The molecule has 29 nitrogen and oxygen atoms in total. The molecular weight excluding hydrogens is 969 g/mol. The average Bonchev–Trinajstić information content (AvgIpc) is 4.06. The number of aromatic amines is 1. The number of carboxylic acid groups (broad SMARTS) is 1. The summed E-state index contributed by atoms with van der Waals surface area (Å²) in [5, 5.41) is 49.1. The van der Waals surface area contributed by atoms with Crippen LogP contribution in [0.25, 0.3) is 0 Å². The Bertz CT molecular complexity index is 2010. The Morgan fingerprint density at radius 2 is 1.35 bits per heavy atom. The molecule has 30 heteroatoms. The van der Waals surface area contributed by atoms with Gasteiger partial charge in [-0.15, -0.1) is 0 Å². The molecule has 1 aromatic rings. The fraction of sp³-hybridized carbons (Fsp3) is 0.667. The Balaban J connectivity index is 2.24. The van der Waals surface area contributed by atoms with Gasteiger partial charge < -0.3 is 90.7 Å². The molecule has 2 rings (SSSR count). The van der Waals surface area contributed by atoms with Crippen molar-refractivity contribution in [2.24, 2.45) is 33.8 Å². The summed E-state index contributed by atoms with van der Waals surface area (Å²) in [6.07, 6.45) is 4.05.